The summed E-state index contributed by atoms with van der Waals surface area (Å²) in [5, 5.41) is 0. The van der Waals surface area contributed by atoms with Crippen LogP contribution in [0, 0.1) is 0 Å². The Hall–Kier alpha value is -4.61. The predicted octanol–water partition coefficient (Wildman–Crippen LogP) is 2.83. The molecule has 0 spiro atoms. The van der Waals surface area contributed by atoms with Crippen LogP contribution in [0.4, 0.5) is 0 Å². The first-order valence-corrected chi connectivity index (χ1v) is 15.2. The van der Waals surface area contributed by atoms with Crippen LogP contribution in [-0.2, 0) is 19.4 Å². The Kier molecular flexibility index (Phi) is 8.06. The summed E-state index contributed by atoms with van der Waals surface area (Å²) in [6.07, 6.45) is 1.64. The minimum absolute atomic E-state index is 0.0128. The molecule has 3 aromatic carbocycles. The number of rotatable bonds is 8. The molecule has 2 N–H and O–H groups in total. The largest absolute Gasteiger partial charge is 0.497 e. The van der Waals surface area contributed by atoms with E-state index >= 15 is 0 Å². The van der Waals surface area contributed by atoms with Crippen LogP contribution < -0.4 is 30.0 Å². The van der Waals surface area contributed by atoms with Crippen LogP contribution in [-0.4, -0.2) is 39.8 Å². The van der Waals surface area contributed by atoms with Crippen molar-refractivity contribution in [2.24, 2.45) is 5.73 Å². The molecule has 0 aliphatic carbocycles. The number of methoxy groups -OCH3 is 2. The maximum atomic E-state index is 14.3. The van der Waals surface area contributed by atoms with Gasteiger partial charge < -0.3 is 19.9 Å². The smallest absolute Gasteiger partial charge is 0.338 e. The number of ether oxygens (including phenoxy) is 3. The molecular weight excluding hydrogens is 576 g/mol. The van der Waals surface area contributed by atoms with Gasteiger partial charge in [-0.1, -0.05) is 42.5 Å². The number of hydrogen-bond donors (Lipinski definition) is 1. The number of carbonyl (C=O) groups excluding carboxylic acids is 1. The predicted molar refractivity (Wildman–Crippen MR) is 161 cm³/mol. The Bertz CT molecular complexity index is 1990. The normalized spacial score (nSPS) is 15.4. The molecule has 0 saturated carbocycles. The van der Waals surface area contributed by atoms with E-state index in [1.54, 1.807) is 79.7 Å². The van der Waals surface area contributed by atoms with Crippen LogP contribution in [0.15, 0.2) is 93.5 Å². The van der Waals surface area contributed by atoms with Crippen molar-refractivity contribution in [3.8, 4) is 11.5 Å². The molecule has 0 fully saturated rings. The standard InChI is InChI=1S/C31H28N2O7S2/c1-4-40-31(35)26-25(20-11-9-13-22(18-20)39-3)27(42(36,37)23-14-6-5-7-15-23)28(32)33-29(34)24(41-30(26)33)17-19-10-8-12-21(16-19)38-2/h5-18,25H,4,32H2,1-3H3/b24-17+/t25-/m0/s1. The molecule has 0 unspecified atom stereocenters. The molecule has 1 atom stereocenters. The molecule has 9 nitrogen and oxygen atoms in total. The van der Waals surface area contributed by atoms with Crippen LogP contribution in [0.25, 0.3) is 17.5 Å². The van der Waals surface area contributed by atoms with E-state index in [9.17, 15) is 18.0 Å². The van der Waals surface area contributed by atoms with E-state index in [1.165, 1.54) is 26.4 Å². The van der Waals surface area contributed by atoms with Gasteiger partial charge in [0, 0.05) is 0 Å². The lowest BCUT2D eigenvalue weighted by atomic mass is 9.89. The Balaban J connectivity index is 1.92. The second-order valence-corrected chi connectivity index (χ2v) is 12.2. The number of nitrogens with zero attached hydrogens (tertiary/aromatic N) is 1. The van der Waals surface area contributed by atoms with Crippen molar-refractivity contribution >= 4 is 44.6 Å². The van der Waals surface area contributed by atoms with Crippen molar-refractivity contribution in [1.82, 2.24) is 4.57 Å². The first-order chi connectivity index (χ1) is 20.2. The summed E-state index contributed by atoms with van der Waals surface area (Å²) in [6.45, 7) is 1.68. The molecule has 1 aromatic heterocycles. The maximum Gasteiger partial charge on any atom is 0.338 e. The zero-order valence-corrected chi connectivity index (χ0v) is 24.7. The van der Waals surface area contributed by atoms with Gasteiger partial charge in [0.05, 0.1) is 41.7 Å². The lowest BCUT2D eigenvalue weighted by Gasteiger charge is -2.28. The van der Waals surface area contributed by atoms with Crippen molar-refractivity contribution in [2.45, 2.75) is 17.7 Å². The number of hydrogen-bond acceptors (Lipinski definition) is 9. The van der Waals surface area contributed by atoms with Gasteiger partial charge in [-0.25, -0.2) is 13.2 Å². The second kappa shape index (κ2) is 11.7. The monoisotopic (exact) mass is 604 g/mol. The van der Waals surface area contributed by atoms with Gasteiger partial charge in [-0.05, 0) is 60.5 Å². The van der Waals surface area contributed by atoms with Gasteiger partial charge in [0.1, 0.15) is 26.9 Å². The molecule has 2 heterocycles. The molecule has 4 aromatic rings. The first kappa shape index (κ1) is 28.9. The summed E-state index contributed by atoms with van der Waals surface area (Å²) in [5.74, 6) is -1.19. The quantitative estimate of drug-likeness (QED) is 0.304. The topological polar surface area (TPSA) is 127 Å². The van der Waals surface area contributed by atoms with Gasteiger partial charge in [-0.15, -0.1) is 11.3 Å². The van der Waals surface area contributed by atoms with Crippen molar-refractivity contribution in [2.75, 3.05) is 20.8 Å². The number of sulfone groups is 1. The number of benzene rings is 3. The Morgan fingerprint density at radius 1 is 0.976 bits per heavy atom. The van der Waals surface area contributed by atoms with E-state index in [-0.39, 0.29) is 37.0 Å². The Morgan fingerprint density at radius 3 is 2.31 bits per heavy atom. The van der Waals surface area contributed by atoms with E-state index in [2.05, 4.69) is 0 Å². The van der Waals surface area contributed by atoms with Crippen LogP contribution in [0.2, 0.25) is 0 Å². The van der Waals surface area contributed by atoms with Gasteiger partial charge in [-0.3, -0.25) is 9.36 Å². The highest BCUT2D eigenvalue weighted by Crippen LogP contribution is 2.42. The van der Waals surface area contributed by atoms with Crippen molar-refractivity contribution in [1.29, 1.82) is 0 Å². The molecule has 0 saturated heterocycles. The highest BCUT2D eigenvalue weighted by Gasteiger charge is 2.42. The number of allylic oxidation sites excluding steroid dienone is 1. The number of fused-ring (bicyclic) bond motifs is 1. The fourth-order valence-corrected chi connectivity index (χ4v) is 7.72. The third-order valence-electron chi connectivity index (χ3n) is 6.76. The minimum atomic E-state index is -4.32. The molecule has 0 amide bonds. The lowest BCUT2D eigenvalue weighted by Crippen LogP contribution is -2.41. The fraction of sp³-hybridized carbons (Fsp3) is 0.161. The third kappa shape index (κ3) is 5.12. The van der Waals surface area contributed by atoms with Gasteiger partial charge >= 0.3 is 5.97 Å². The van der Waals surface area contributed by atoms with E-state index in [0.29, 0.717) is 22.6 Å². The van der Waals surface area contributed by atoms with Crippen molar-refractivity contribution in [3.05, 3.63) is 114 Å². The van der Waals surface area contributed by atoms with Crippen LogP contribution >= 0.6 is 11.3 Å². The van der Waals surface area contributed by atoms with Crippen molar-refractivity contribution < 1.29 is 27.4 Å². The van der Waals surface area contributed by atoms with Gasteiger partial charge in [-0.2, -0.15) is 0 Å². The Labute approximate surface area is 246 Å². The van der Waals surface area contributed by atoms with E-state index < -0.39 is 27.3 Å². The van der Waals surface area contributed by atoms with Gasteiger partial charge in [0.15, 0.2) is 0 Å². The summed E-state index contributed by atoms with van der Waals surface area (Å²) in [5.41, 5.74) is 7.17. The lowest BCUT2D eigenvalue weighted by molar-refractivity contribution is -0.136. The molecule has 1 aliphatic heterocycles. The van der Waals surface area contributed by atoms with Gasteiger partial charge in [0.25, 0.3) is 5.56 Å². The summed E-state index contributed by atoms with van der Waals surface area (Å²) in [7, 11) is -1.30. The molecule has 5 rings (SSSR count). The van der Waals surface area contributed by atoms with E-state index in [4.69, 9.17) is 19.9 Å². The number of carbonyl (C=O) groups is 1. The second-order valence-electron chi connectivity index (χ2n) is 9.24. The molecule has 0 bridgehead atoms. The number of esters is 1. The van der Waals surface area contributed by atoms with Gasteiger partial charge in [0.2, 0.25) is 9.84 Å². The molecule has 42 heavy (non-hydrogen) atoms. The fourth-order valence-electron chi connectivity index (χ4n) is 4.85. The summed E-state index contributed by atoms with van der Waals surface area (Å²) >= 11 is 1.03. The van der Waals surface area contributed by atoms with Crippen molar-refractivity contribution in [3.63, 3.8) is 0 Å². The molecule has 0 radical (unpaired) electrons. The zero-order valence-electron chi connectivity index (χ0n) is 23.1. The molecule has 216 valence electrons. The van der Waals surface area contributed by atoms with Crippen LogP contribution in [0.3, 0.4) is 0 Å². The molecule has 11 heteroatoms. The Morgan fingerprint density at radius 2 is 1.64 bits per heavy atom. The first-order valence-electron chi connectivity index (χ1n) is 12.9. The highest BCUT2D eigenvalue weighted by molar-refractivity contribution is 7.95. The summed E-state index contributed by atoms with van der Waals surface area (Å²) < 4.78 is 46.2. The number of nitrogens with two attached hydrogens (primary N) is 1. The SMILES string of the molecule is CCOC(=O)C1=c2s/c(=C/c3cccc(OC)c3)c(=O)n2C(N)=C(S(=O)(=O)c2ccccc2)[C@H]1c1cccc(OC)c1. The minimum Gasteiger partial charge on any atom is -0.497 e. The molecule has 1 aliphatic rings. The van der Waals surface area contributed by atoms with E-state index in [1.807, 2.05) is 0 Å². The number of thiazole rings is 1. The summed E-state index contributed by atoms with van der Waals surface area (Å²) in [6, 6.07) is 21.6. The third-order valence-corrected chi connectivity index (χ3v) is 9.78. The van der Waals surface area contributed by atoms with E-state index in [0.717, 1.165) is 15.9 Å². The zero-order chi connectivity index (χ0) is 30.0. The number of aromatic nitrogens is 1. The summed E-state index contributed by atoms with van der Waals surface area (Å²) in [4.78, 5) is 27.2. The average molecular weight is 605 g/mol. The maximum absolute atomic E-state index is 14.3. The van der Waals surface area contributed by atoms with Crippen LogP contribution in [0.5, 0.6) is 11.5 Å². The highest BCUT2D eigenvalue weighted by atomic mass is 32.2. The average Bonchev–Trinajstić information content (AvgIpc) is 3.32. The molecular formula is C31H28N2O7S2. The van der Waals surface area contributed by atoms with Crippen LogP contribution in [0.1, 0.15) is 24.0 Å².